The molecule has 1 aliphatic carbocycles. The Hall–Kier alpha value is -1.21. The van der Waals surface area contributed by atoms with Gasteiger partial charge in [0.25, 0.3) is 5.91 Å². The minimum absolute atomic E-state index is 0.0493. The maximum atomic E-state index is 12.2. The maximum absolute atomic E-state index is 12.2. The summed E-state index contributed by atoms with van der Waals surface area (Å²) in [4.78, 5) is 12.0. The van der Waals surface area contributed by atoms with Crippen LogP contribution in [0.15, 0.2) is 29.2 Å². The molecular weight excluding hydrogens is 289 g/mol. The highest BCUT2D eigenvalue weighted by molar-refractivity contribution is 8.00. The molecule has 0 bridgehead atoms. The number of nitrogens with one attached hydrogen (secondary N) is 1. The first-order valence-electron chi connectivity index (χ1n) is 6.26. The fourth-order valence-corrected chi connectivity index (χ4v) is 2.47. The highest BCUT2D eigenvalue weighted by Gasteiger charge is 2.31. The highest BCUT2D eigenvalue weighted by atomic mass is 32.2. The average Bonchev–Trinajstić information content (AvgIpc) is 3.19. The lowest BCUT2D eigenvalue weighted by Gasteiger charge is -2.16. The molecule has 0 saturated heterocycles. The molecule has 0 radical (unpaired) electrons. The highest BCUT2D eigenvalue weighted by Crippen LogP contribution is 2.36. The van der Waals surface area contributed by atoms with Gasteiger partial charge in [0.15, 0.2) is 0 Å². The van der Waals surface area contributed by atoms with Gasteiger partial charge in [0.2, 0.25) is 0 Å². The third-order valence-corrected chi connectivity index (χ3v) is 3.85. The van der Waals surface area contributed by atoms with Crippen LogP contribution in [0.2, 0.25) is 0 Å². The number of amides is 1. The zero-order valence-corrected chi connectivity index (χ0v) is 11.4. The molecule has 1 saturated carbocycles. The van der Waals surface area contributed by atoms with Crippen molar-refractivity contribution in [2.24, 2.45) is 11.7 Å². The van der Waals surface area contributed by atoms with Gasteiger partial charge in [-0.15, -0.1) is 0 Å². The fourth-order valence-electron chi connectivity index (χ4n) is 1.93. The van der Waals surface area contributed by atoms with Gasteiger partial charge < -0.3 is 11.1 Å². The lowest BCUT2D eigenvalue weighted by molar-refractivity contribution is -0.0328. The topological polar surface area (TPSA) is 55.1 Å². The third kappa shape index (κ3) is 4.42. The Morgan fingerprint density at radius 1 is 1.35 bits per heavy atom. The summed E-state index contributed by atoms with van der Waals surface area (Å²) in [5.74, 6) is 0.139. The largest absolute Gasteiger partial charge is 0.446 e. The molecule has 1 amide bonds. The van der Waals surface area contributed by atoms with Crippen LogP contribution in [-0.2, 0) is 0 Å². The summed E-state index contributed by atoms with van der Waals surface area (Å²) in [5, 5.41) is 2.82. The zero-order valence-electron chi connectivity index (χ0n) is 10.6. The molecule has 1 aromatic carbocycles. The van der Waals surface area contributed by atoms with Crippen molar-refractivity contribution < 1.29 is 18.0 Å². The molecule has 7 heteroatoms. The first-order valence-corrected chi connectivity index (χ1v) is 7.07. The van der Waals surface area contributed by atoms with E-state index in [0.29, 0.717) is 18.0 Å². The zero-order chi connectivity index (χ0) is 14.8. The predicted molar refractivity (Wildman–Crippen MR) is 71.4 cm³/mol. The Labute approximate surface area is 119 Å². The number of carbonyl (C=O) groups excluding carboxylic acids is 1. The van der Waals surface area contributed by atoms with Crippen LogP contribution < -0.4 is 11.1 Å². The molecule has 1 fully saturated rings. The molecule has 3 nitrogen and oxygen atoms in total. The summed E-state index contributed by atoms with van der Waals surface area (Å²) in [6, 6.07) is 5.32. The predicted octanol–water partition coefficient (Wildman–Crippen LogP) is 2.77. The summed E-state index contributed by atoms with van der Waals surface area (Å²) in [6.07, 6.45) is 2.12. The van der Waals surface area contributed by atoms with Crippen molar-refractivity contribution in [3.8, 4) is 0 Å². The van der Waals surface area contributed by atoms with Gasteiger partial charge in [0.1, 0.15) is 0 Å². The SMILES string of the molecule is NCC(NC(=O)c1ccc(SC(F)(F)F)cc1)C1CC1. The quantitative estimate of drug-likeness (QED) is 0.823. The molecular formula is C13H15F3N2OS. The second kappa shape index (κ2) is 6.05. The van der Waals surface area contributed by atoms with Crippen LogP contribution in [0.5, 0.6) is 0 Å². The monoisotopic (exact) mass is 304 g/mol. The maximum Gasteiger partial charge on any atom is 0.446 e. The van der Waals surface area contributed by atoms with Crippen molar-refractivity contribution in [3.63, 3.8) is 0 Å². The van der Waals surface area contributed by atoms with E-state index in [1.54, 1.807) is 0 Å². The van der Waals surface area contributed by atoms with E-state index in [4.69, 9.17) is 5.73 Å². The lowest BCUT2D eigenvalue weighted by Crippen LogP contribution is -2.41. The molecule has 1 aromatic rings. The molecule has 1 unspecified atom stereocenters. The van der Waals surface area contributed by atoms with Crippen molar-refractivity contribution >= 4 is 17.7 Å². The number of carbonyl (C=O) groups is 1. The second-order valence-electron chi connectivity index (χ2n) is 4.73. The van der Waals surface area contributed by atoms with Crippen LogP contribution >= 0.6 is 11.8 Å². The molecule has 2 rings (SSSR count). The minimum Gasteiger partial charge on any atom is -0.348 e. The molecule has 0 heterocycles. The van der Waals surface area contributed by atoms with Crippen LogP contribution in [0.25, 0.3) is 0 Å². The van der Waals surface area contributed by atoms with Crippen LogP contribution in [-0.4, -0.2) is 24.0 Å². The second-order valence-corrected chi connectivity index (χ2v) is 5.86. The van der Waals surface area contributed by atoms with E-state index in [9.17, 15) is 18.0 Å². The molecule has 3 N–H and O–H groups in total. The number of hydrogen-bond acceptors (Lipinski definition) is 3. The van der Waals surface area contributed by atoms with Crippen LogP contribution in [0.4, 0.5) is 13.2 Å². The normalized spacial score (nSPS) is 16.8. The number of thioether (sulfide) groups is 1. The average molecular weight is 304 g/mol. The van der Waals surface area contributed by atoms with E-state index in [1.807, 2.05) is 0 Å². The third-order valence-electron chi connectivity index (χ3n) is 3.11. The van der Waals surface area contributed by atoms with Crippen LogP contribution in [0.1, 0.15) is 23.2 Å². The lowest BCUT2D eigenvalue weighted by atomic mass is 10.1. The summed E-state index contributed by atoms with van der Waals surface area (Å²) < 4.78 is 36.6. The van der Waals surface area contributed by atoms with Crippen LogP contribution in [0, 0.1) is 5.92 Å². The summed E-state index contributed by atoms with van der Waals surface area (Å²) in [6.45, 7) is 0.373. The molecule has 20 heavy (non-hydrogen) atoms. The van der Waals surface area contributed by atoms with Gasteiger partial charge in [-0.25, -0.2) is 0 Å². The van der Waals surface area contributed by atoms with Gasteiger partial charge in [-0.1, -0.05) is 0 Å². The Bertz CT molecular complexity index is 471. The van der Waals surface area contributed by atoms with E-state index in [0.717, 1.165) is 12.8 Å². The number of alkyl halides is 3. The molecule has 0 spiro atoms. The first kappa shape index (κ1) is 15.2. The first-order chi connectivity index (χ1) is 9.39. The van der Waals surface area contributed by atoms with E-state index < -0.39 is 5.51 Å². The van der Waals surface area contributed by atoms with Crippen molar-refractivity contribution in [2.75, 3.05) is 6.54 Å². The van der Waals surface area contributed by atoms with E-state index in [2.05, 4.69) is 5.32 Å². The summed E-state index contributed by atoms with van der Waals surface area (Å²) in [7, 11) is 0. The van der Waals surface area contributed by atoms with Gasteiger partial charge in [0, 0.05) is 23.0 Å². The smallest absolute Gasteiger partial charge is 0.348 e. The van der Waals surface area contributed by atoms with E-state index >= 15 is 0 Å². The number of halogens is 3. The van der Waals surface area contributed by atoms with Crippen molar-refractivity contribution in [3.05, 3.63) is 29.8 Å². The van der Waals surface area contributed by atoms with Gasteiger partial charge in [0.05, 0.1) is 0 Å². The van der Waals surface area contributed by atoms with Gasteiger partial charge in [-0.3, -0.25) is 4.79 Å². The Morgan fingerprint density at radius 3 is 2.40 bits per heavy atom. The van der Waals surface area contributed by atoms with Gasteiger partial charge in [-0.05, 0) is 54.8 Å². The fraction of sp³-hybridized carbons (Fsp3) is 0.462. The number of rotatable bonds is 5. The van der Waals surface area contributed by atoms with Gasteiger partial charge in [-0.2, -0.15) is 13.2 Å². The summed E-state index contributed by atoms with van der Waals surface area (Å²) >= 11 is -0.197. The number of hydrogen-bond donors (Lipinski definition) is 2. The molecule has 1 atom stereocenters. The summed E-state index contributed by atoms with van der Waals surface area (Å²) in [5.41, 5.74) is 1.61. The molecule has 1 aliphatic rings. The Kier molecular flexibility index (Phi) is 4.59. The van der Waals surface area contributed by atoms with Crippen molar-refractivity contribution in [1.82, 2.24) is 5.32 Å². The van der Waals surface area contributed by atoms with E-state index in [-0.39, 0.29) is 28.6 Å². The molecule has 0 aromatic heterocycles. The van der Waals surface area contributed by atoms with Crippen molar-refractivity contribution in [1.29, 1.82) is 0 Å². The van der Waals surface area contributed by atoms with Crippen LogP contribution in [0.3, 0.4) is 0 Å². The number of nitrogens with two attached hydrogens (primary N) is 1. The number of benzene rings is 1. The minimum atomic E-state index is -4.32. The molecule has 110 valence electrons. The molecule has 0 aliphatic heterocycles. The Morgan fingerprint density at radius 2 is 1.95 bits per heavy atom. The van der Waals surface area contributed by atoms with Crippen molar-refractivity contribution in [2.45, 2.75) is 29.3 Å². The standard InChI is InChI=1S/C13H15F3N2OS/c14-13(15,16)20-10-5-3-9(4-6-10)12(19)18-11(7-17)8-1-2-8/h3-6,8,11H,1-2,7,17H2,(H,18,19). The Balaban J connectivity index is 1.96. The van der Waals surface area contributed by atoms with Gasteiger partial charge >= 0.3 is 5.51 Å². The van der Waals surface area contributed by atoms with E-state index in [1.165, 1.54) is 24.3 Å².